The number of carbonyl (C=O) groups excluding carboxylic acids is 5. The first kappa shape index (κ1) is 49.0. The lowest BCUT2D eigenvalue weighted by Crippen LogP contribution is -2.55. The molecule has 11 nitrogen and oxygen atoms in total. The largest absolute Gasteiger partial charge is 0.379 e. The number of primary amides is 1. The van der Waals surface area contributed by atoms with Gasteiger partial charge < -0.3 is 25.0 Å². The Hall–Kier alpha value is -3.15. The summed E-state index contributed by atoms with van der Waals surface area (Å²) in [5.41, 5.74) is 6.46. The van der Waals surface area contributed by atoms with Crippen molar-refractivity contribution in [2.45, 2.75) is 150 Å². The van der Waals surface area contributed by atoms with E-state index in [-0.39, 0.29) is 78.0 Å². The van der Waals surface area contributed by atoms with Gasteiger partial charge in [0.25, 0.3) is 0 Å². The summed E-state index contributed by atoms with van der Waals surface area (Å²) in [5, 5.41) is 0. The number of likely N-dealkylation sites (tertiary alicyclic amines) is 1. The van der Waals surface area contributed by atoms with E-state index >= 15 is 0 Å². The highest BCUT2D eigenvalue weighted by Gasteiger charge is 2.44. The van der Waals surface area contributed by atoms with Crippen LogP contribution in [-0.2, 0) is 39.9 Å². The Morgan fingerprint density at radius 3 is 1.96 bits per heavy atom. The molecule has 1 aromatic rings. The number of amides is 3. The number of nitrogens with two attached hydrogens (primary N) is 1. The molecule has 1 aliphatic heterocycles. The SMILES string of the molecule is CC[C@H](C)[C@@H]([C@@H](CC(=O)N1CCC[C@H]1[C@H](OC)[C@@H](C)C(=O)CC(Cc1ccccc1)C(N)=O)OC)N(C)C(=O)[C@@H](CC(=O)[C@H](C(C)C)N(C)C(C)(C)C)C(C)C. The van der Waals surface area contributed by atoms with E-state index in [2.05, 4.69) is 39.5 Å². The molecule has 3 amide bonds. The molecule has 1 unspecified atom stereocenters. The predicted molar refractivity (Wildman–Crippen MR) is 223 cm³/mol. The maximum atomic E-state index is 14.5. The molecule has 2 rings (SSSR count). The Morgan fingerprint density at radius 2 is 1.48 bits per heavy atom. The van der Waals surface area contributed by atoms with Gasteiger partial charge in [-0.15, -0.1) is 0 Å². The van der Waals surface area contributed by atoms with Crippen LogP contribution in [0.2, 0.25) is 0 Å². The van der Waals surface area contributed by atoms with Gasteiger partial charge in [-0.05, 0) is 70.4 Å². The molecule has 2 N–H and O–H groups in total. The van der Waals surface area contributed by atoms with E-state index in [4.69, 9.17) is 15.2 Å². The second kappa shape index (κ2) is 22.1. The Labute approximate surface area is 338 Å². The maximum absolute atomic E-state index is 14.5. The van der Waals surface area contributed by atoms with Gasteiger partial charge in [0.15, 0.2) is 5.78 Å². The van der Waals surface area contributed by atoms with Crippen molar-refractivity contribution in [2.24, 2.45) is 41.2 Å². The van der Waals surface area contributed by atoms with Gasteiger partial charge in [-0.1, -0.05) is 85.2 Å². The van der Waals surface area contributed by atoms with E-state index in [0.29, 0.717) is 19.4 Å². The summed E-state index contributed by atoms with van der Waals surface area (Å²) in [6.07, 6.45) is 1.51. The molecule has 1 fully saturated rings. The van der Waals surface area contributed by atoms with Crippen LogP contribution in [0.5, 0.6) is 0 Å². The third kappa shape index (κ3) is 12.9. The standard InChI is InChI=1S/C45H76N4O7/c1-15-30(6)41(47(11)44(54)34(28(2)3)26-37(51)40(29(4)5)48(12)45(8,9)10)38(55-13)27-39(52)49-23-19-22-35(49)42(56-14)31(7)36(50)25-33(43(46)53)24-32-20-17-16-18-21-32/h16-18,20-21,28-31,33-35,38,40-42H,15,19,22-27H2,1-14H3,(H2,46,53)/t30-,31-,33?,34-,35-,38+,40-,41-,42+/m0/s1. The number of nitrogens with zero attached hydrogens (tertiary/aromatic N) is 3. The minimum atomic E-state index is -0.652. The molecule has 56 heavy (non-hydrogen) atoms. The van der Waals surface area contributed by atoms with Gasteiger partial charge in [-0.2, -0.15) is 0 Å². The van der Waals surface area contributed by atoms with Crippen molar-refractivity contribution in [3.05, 3.63) is 35.9 Å². The summed E-state index contributed by atoms with van der Waals surface area (Å²) in [6, 6.07) is 8.40. The van der Waals surface area contributed by atoms with Gasteiger partial charge in [-0.25, -0.2) is 0 Å². The van der Waals surface area contributed by atoms with E-state index in [1.807, 2.05) is 70.0 Å². The molecular weight excluding hydrogens is 709 g/mol. The molecular formula is C45H76N4O7. The van der Waals surface area contributed by atoms with Crippen LogP contribution in [0.1, 0.15) is 113 Å². The van der Waals surface area contributed by atoms with Crippen LogP contribution in [0.4, 0.5) is 0 Å². The van der Waals surface area contributed by atoms with E-state index in [0.717, 1.165) is 18.4 Å². The van der Waals surface area contributed by atoms with Gasteiger partial charge in [-0.3, -0.25) is 28.9 Å². The van der Waals surface area contributed by atoms with Crippen LogP contribution >= 0.6 is 0 Å². The molecule has 0 radical (unpaired) electrons. The number of likely N-dealkylation sites (N-methyl/N-ethyl adjacent to an activating group) is 2. The maximum Gasteiger partial charge on any atom is 0.226 e. The number of methoxy groups -OCH3 is 2. The fraction of sp³-hybridized carbons (Fsp3) is 0.756. The zero-order valence-electron chi connectivity index (χ0n) is 37.2. The Kier molecular flexibility index (Phi) is 19.4. The number of rotatable bonds is 23. The minimum Gasteiger partial charge on any atom is -0.379 e. The molecule has 1 heterocycles. The van der Waals surface area contributed by atoms with Crippen molar-refractivity contribution in [3.8, 4) is 0 Å². The number of carbonyl (C=O) groups is 5. The van der Waals surface area contributed by atoms with Crippen LogP contribution in [0.3, 0.4) is 0 Å². The van der Waals surface area contributed by atoms with Crippen molar-refractivity contribution >= 4 is 29.3 Å². The average Bonchev–Trinajstić information content (AvgIpc) is 3.62. The molecule has 0 bridgehead atoms. The second-order valence-corrected chi connectivity index (χ2v) is 18.0. The van der Waals surface area contributed by atoms with Crippen LogP contribution < -0.4 is 5.73 Å². The molecule has 0 aliphatic carbocycles. The quantitative estimate of drug-likeness (QED) is 0.139. The molecule has 0 aromatic heterocycles. The summed E-state index contributed by atoms with van der Waals surface area (Å²) in [7, 11) is 6.89. The number of hydrogen-bond donors (Lipinski definition) is 1. The molecule has 0 saturated carbocycles. The normalized spacial score (nSPS) is 19.3. The highest BCUT2D eigenvalue weighted by Crippen LogP contribution is 2.32. The first-order valence-corrected chi connectivity index (χ1v) is 20.9. The monoisotopic (exact) mass is 785 g/mol. The zero-order chi connectivity index (χ0) is 42.7. The average molecular weight is 785 g/mol. The van der Waals surface area contributed by atoms with Crippen LogP contribution in [0.15, 0.2) is 30.3 Å². The van der Waals surface area contributed by atoms with Gasteiger partial charge in [0.2, 0.25) is 17.7 Å². The lowest BCUT2D eigenvalue weighted by Gasteiger charge is -2.42. The second-order valence-electron chi connectivity index (χ2n) is 18.0. The minimum absolute atomic E-state index is 0.00604. The highest BCUT2D eigenvalue weighted by atomic mass is 16.5. The fourth-order valence-corrected chi connectivity index (χ4v) is 8.60. The third-order valence-electron chi connectivity index (χ3n) is 12.5. The lowest BCUT2D eigenvalue weighted by atomic mass is 9.83. The predicted octanol–water partition coefficient (Wildman–Crippen LogP) is 6.20. The Morgan fingerprint density at radius 1 is 0.875 bits per heavy atom. The first-order valence-electron chi connectivity index (χ1n) is 20.9. The van der Waals surface area contributed by atoms with Gasteiger partial charge in [0.05, 0.1) is 36.8 Å². The van der Waals surface area contributed by atoms with Crippen LogP contribution in [-0.4, -0.2) is 115 Å². The smallest absolute Gasteiger partial charge is 0.226 e. The summed E-state index contributed by atoms with van der Waals surface area (Å²) < 4.78 is 12.0. The topological polar surface area (TPSA) is 140 Å². The zero-order valence-corrected chi connectivity index (χ0v) is 37.2. The van der Waals surface area contributed by atoms with E-state index in [1.54, 1.807) is 33.1 Å². The third-order valence-corrected chi connectivity index (χ3v) is 12.5. The molecule has 11 heteroatoms. The number of Topliss-reactive ketones (excluding diaryl/α,β-unsaturated/α-hetero) is 2. The van der Waals surface area contributed by atoms with Crippen molar-refractivity contribution < 1.29 is 33.4 Å². The number of ketones is 2. The Bertz CT molecular complexity index is 1430. The molecule has 9 atom stereocenters. The molecule has 1 saturated heterocycles. The molecule has 318 valence electrons. The van der Waals surface area contributed by atoms with E-state index in [9.17, 15) is 24.0 Å². The Balaban J connectivity index is 2.30. The van der Waals surface area contributed by atoms with E-state index < -0.39 is 41.9 Å². The van der Waals surface area contributed by atoms with E-state index in [1.165, 1.54) is 0 Å². The van der Waals surface area contributed by atoms with Crippen molar-refractivity contribution in [2.75, 3.05) is 34.9 Å². The van der Waals surface area contributed by atoms with Gasteiger partial charge >= 0.3 is 0 Å². The molecule has 1 aliphatic rings. The number of hydrogen-bond acceptors (Lipinski definition) is 8. The molecule has 1 aromatic carbocycles. The first-order chi connectivity index (χ1) is 26.1. The van der Waals surface area contributed by atoms with Crippen LogP contribution in [0.25, 0.3) is 0 Å². The summed E-state index contributed by atoms with van der Waals surface area (Å²) in [4.78, 5) is 74.5. The summed E-state index contributed by atoms with van der Waals surface area (Å²) in [5.74, 6) is -2.64. The summed E-state index contributed by atoms with van der Waals surface area (Å²) in [6.45, 7) is 20.8. The van der Waals surface area contributed by atoms with Crippen molar-refractivity contribution in [1.29, 1.82) is 0 Å². The van der Waals surface area contributed by atoms with Gasteiger partial charge in [0, 0.05) is 63.9 Å². The highest BCUT2D eigenvalue weighted by molar-refractivity contribution is 5.90. The number of benzene rings is 1. The fourth-order valence-electron chi connectivity index (χ4n) is 8.60. The number of ether oxygens (including phenoxy) is 2. The lowest BCUT2D eigenvalue weighted by molar-refractivity contribution is -0.149. The van der Waals surface area contributed by atoms with Crippen molar-refractivity contribution in [3.63, 3.8) is 0 Å². The van der Waals surface area contributed by atoms with Gasteiger partial charge in [0.1, 0.15) is 5.78 Å². The van der Waals surface area contributed by atoms with Crippen LogP contribution in [0, 0.1) is 35.5 Å². The van der Waals surface area contributed by atoms with Crippen molar-refractivity contribution in [1.82, 2.24) is 14.7 Å². The summed E-state index contributed by atoms with van der Waals surface area (Å²) >= 11 is 0. The molecule has 0 spiro atoms.